The van der Waals surface area contributed by atoms with Crippen molar-refractivity contribution in [3.63, 3.8) is 0 Å². The van der Waals surface area contributed by atoms with Crippen LogP contribution in [0.5, 0.6) is 0 Å². The number of nitrogens with zero attached hydrogens (tertiary/aromatic N) is 1. The zero-order valence-electron chi connectivity index (χ0n) is 37.1. The minimum Gasteiger partial charge on any atom is -0.394 e. The van der Waals surface area contributed by atoms with Crippen LogP contribution < -0.4 is 32.3 Å². The first-order valence-corrected chi connectivity index (χ1v) is 21.9. The molecule has 0 saturated carbocycles. The van der Waals surface area contributed by atoms with Gasteiger partial charge in [-0.05, 0) is 25.8 Å². The highest BCUT2D eigenvalue weighted by Gasteiger charge is 2.46. The molecule has 30 heteroatoms. The highest BCUT2D eigenvalue weighted by Crippen LogP contribution is 2.24. The number of hydrogen-bond donors (Lipinski definition) is 18. The Hall–Kier alpha value is -3.45. The molecule has 0 aliphatic carbocycles. The van der Waals surface area contributed by atoms with Gasteiger partial charge in [0.25, 0.3) is 0 Å². The van der Waals surface area contributed by atoms with Crippen LogP contribution in [-0.4, -0.2) is 286 Å². The number of nitrogens with two attached hydrogens (primary N) is 1. The van der Waals surface area contributed by atoms with Crippen LogP contribution >= 0.6 is 0 Å². The van der Waals surface area contributed by atoms with E-state index in [1.165, 1.54) is 0 Å². The molecule has 0 aromatic carbocycles. The van der Waals surface area contributed by atoms with Crippen LogP contribution in [-0.2, 0) is 52.4 Å². The summed E-state index contributed by atoms with van der Waals surface area (Å²) in [5.74, 6) is -3.77. The Morgan fingerprint density at radius 2 is 0.868 bits per heavy atom. The molecular weight excluding hydrogens is 922 g/mol. The maximum atomic E-state index is 13.1. The molecule has 30 nitrogen and oxygen atoms in total. The molecule has 3 heterocycles. The van der Waals surface area contributed by atoms with Crippen molar-refractivity contribution in [3.05, 3.63) is 0 Å². The number of aliphatic hydroxyl groups excluding tert-OH is 12. The van der Waals surface area contributed by atoms with Crippen molar-refractivity contribution in [3.8, 4) is 0 Å². The van der Waals surface area contributed by atoms with Gasteiger partial charge in [-0.15, -0.1) is 0 Å². The molecule has 0 radical (unpaired) electrons. The highest BCUT2D eigenvalue weighted by atomic mass is 16.7. The minimum absolute atomic E-state index is 0.134. The maximum Gasteiger partial charge on any atom is 0.242 e. The van der Waals surface area contributed by atoms with Crippen LogP contribution in [0.4, 0.5) is 0 Å². The molecular formula is C38H69N7O23. The quantitative estimate of drug-likeness (QED) is 0.0309. The fourth-order valence-electron chi connectivity index (χ4n) is 6.95. The Bertz CT molecular complexity index is 1480. The molecule has 3 aliphatic heterocycles. The third-order valence-electron chi connectivity index (χ3n) is 10.8. The number of nitrogens with one attached hydrogen (secondary N) is 5. The van der Waals surface area contributed by atoms with Crippen molar-refractivity contribution in [1.82, 2.24) is 31.5 Å². The van der Waals surface area contributed by atoms with Crippen molar-refractivity contribution in [2.45, 2.75) is 117 Å². The molecule has 1 unspecified atom stereocenters. The lowest BCUT2D eigenvalue weighted by Gasteiger charge is -2.39. The van der Waals surface area contributed by atoms with E-state index in [1.807, 2.05) is 0 Å². The Labute approximate surface area is 389 Å². The lowest BCUT2D eigenvalue weighted by molar-refractivity contribution is -0.300. The van der Waals surface area contributed by atoms with E-state index in [0.29, 0.717) is 19.4 Å². The van der Waals surface area contributed by atoms with Gasteiger partial charge in [-0.25, -0.2) is 0 Å². The number of carbonyl (C=O) groups is 5. The van der Waals surface area contributed by atoms with Gasteiger partial charge in [0.05, 0.1) is 65.8 Å². The van der Waals surface area contributed by atoms with Gasteiger partial charge >= 0.3 is 0 Å². The third-order valence-corrected chi connectivity index (χ3v) is 10.8. The van der Waals surface area contributed by atoms with E-state index >= 15 is 0 Å². The number of rotatable bonds is 29. The van der Waals surface area contributed by atoms with Crippen LogP contribution in [0.3, 0.4) is 0 Å². The summed E-state index contributed by atoms with van der Waals surface area (Å²) in [6, 6.07) is -1.11. The summed E-state index contributed by atoms with van der Waals surface area (Å²) in [4.78, 5) is 66.1. The van der Waals surface area contributed by atoms with Crippen LogP contribution in [0, 0.1) is 0 Å². The van der Waals surface area contributed by atoms with E-state index in [0.717, 1.165) is 4.90 Å². The second kappa shape index (κ2) is 30.3. The molecule has 3 fully saturated rings. The van der Waals surface area contributed by atoms with E-state index in [-0.39, 0.29) is 45.9 Å². The SMILES string of the molecule is NCCCCC(NC(=O)CNC(=O)CN(CC(=O)NCCO[C@H]1O[C@H](CO)[C@@H](O)[C@H](O)[C@H]1O)CC(=O)NCCO[C@H]1O[C@H](CO)[C@@H](O)[C@H](O)[C@H]1O)C(=O)NCCO[C@H]1O[C@H](CO)[C@@H](O)[C@H](O)[C@@H]1O. The van der Waals surface area contributed by atoms with Gasteiger partial charge in [0.1, 0.15) is 79.3 Å². The average Bonchev–Trinajstić information content (AvgIpc) is 3.31. The Morgan fingerprint density at radius 3 is 1.24 bits per heavy atom. The third kappa shape index (κ3) is 18.4. The van der Waals surface area contributed by atoms with Crippen LogP contribution in [0.25, 0.3) is 0 Å². The summed E-state index contributed by atoms with van der Waals surface area (Å²) in [6.45, 7) is -5.70. The van der Waals surface area contributed by atoms with Gasteiger partial charge in [-0.2, -0.15) is 0 Å². The second-order valence-corrected chi connectivity index (χ2v) is 16.0. The van der Waals surface area contributed by atoms with Crippen LogP contribution in [0.15, 0.2) is 0 Å². The molecule has 0 aromatic rings. The minimum atomic E-state index is -1.70. The van der Waals surface area contributed by atoms with Crippen molar-refractivity contribution < 1.29 is 114 Å². The summed E-state index contributed by atoms with van der Waals surface area (Å²) in [6.07, 6.45) is -22.0. The molecule has 16 atom stereocenters. The number of carbonyl (C=O) groups excluding carboxylic acids is 5. The fourth-order valence-corrected chi connectivity index (χ4v) is 6.95. The molecule has 5 amide bonds. The van der Waals surface area contributed by atoms with E-state index in [9.17, 15) is 85.3 Å². The molecule has 394 valence electrons. The van der Waals surface area contributed by atoms with E-state index in [1.54, 1.807) is 0 Å². The summed E-state index contributed by atoms with van der Waals surface area (Å²) in [7, 11) is 0. The smallest absolute Gasteiger partial charge is 0.242 e. The Morgan fingerprint density at radius 1 is 0.500 bits per heavy atom. The largest absolute Gasteiger partial charge is 0.394 e. The summed E-state index contributed by atoms with van der Waals surface area (Å²) in [5.41, 5.74) is 5.58. The molecule has 3 saturated heterocycles. The van der Waals surface area contributed by atoms with Crippen LogP contribution in [0.1, 0.15) is 19.3 Å². The predicted molar refractivity (Wildman–Crippen MR) is 222 cm³/mol. The topological polar surface area (TPSA) is 473 Å². The average molecular weight is 992 g/mol. The highest BCUT2D eigenvalue weighted by molar-refractivity contribution is 5.90. The van der Waals surface area contributed by atoms with Crippen molar-refractivity contribution >= 4 is 29.5 Å². The number of aliphatic hydroxyl groups is 12. The van der Waals surface area contributed by atoms with Gasteiger partial charge in [0, 0.05) is 19.6 Å². The van der Waals surface area contributed by atoms with E-state index in [4.69, 9.17) is 34.2 Å². The fraction of sp³-hybridized carbons (Fsp3) is 0.868. The van der Waals surface area contributed by atoms with Crippen LogP contribution in [0.2, 0.25) is 0 Å². The first-order chi connectivity index (χ1) is 32.4. The Balaban J connectivity index is 1.54. The number of amides is 5. The summed E-state index contributed by atoms with van der Waals surface area (Å²) in [5, 5.41) is 131. The van der Waals surface area contributed by atoms with E-state index < -0.39 is 174 Å². The van der Waals surface area contributed by atoms with Gasteiger partial charge in [-0.1, -0.05) is 0 Å². The lowest BCUT2D eigenvalue weighted by Crippen LogP contribution is -2.59. The van der Waals surface area contributed by atoms with E-state index in [2.05, 4.69) is 26.6 Å². The normalized spacial score (nSPS) is 32.2. The molecule has 68 heavy (non-hydrogen) atoms. The van der Waals surface area contributed by atoms with Gasteiger partial charge < -0.3 is 122 Å². The maximum absolute atomic E-state index is 13.1. The second-order valence-electron chi connectivity index (χ2n) is 16.0. The monoisotopic (exact) mass is 991 g/mol. The number of hydrogen-bond acceptors (Lipinski definition) is 25. The lowest BCUT2D eigenvalue weighted by atomic mass is 9.99. The standard InChI is InChI=1S/C38H69N7O23/c39-4-2-1-3-18(35(62)42-7-10-65-38-34(61)31(58)28(55)21(17-48)68-38)44-22(49)11-43-25(52)14-45(12-23(50)40-5-8-63-36-32(59)29(56)26(53)19(15-46)66-36)13-24(51)41-6-9-64-37-33(60)30(57)27(54)20(16-47)67-37/h18-21,26-34,36-38,46-48,53-61H,1-17,39H2,(H,40,50)(H,41,51)(H,42,62)(H,43,52)(H,44,49)/t18?,19-,20-,21-,26-,27-,28-,29+,30+,31+,32-,33-,34+,36+,37+,38+/m1/s1. The molecule has 3 rings (SSSR count). The number of ether oxygens (including phenoxy) is 6. The molecule has 0 spiro atoms. The molecule has 3 aliphatic rings. The Kier molecular flexibility index (Phi) is 26.2. The molecule has 0 aromatic heterocycles. The summed E-state index contributed by atoms with van der Waals surface area (Å²) >= 11 is 0. The predicted octanol–water partition coefficient (Wildman–Crippen LogP) is -12.2. The molecule has 0 bridgehead atoms. The molecule has 19 N–H and O–H groups in total. The summed E-state index contributed by atoms with van der Waals surface area (Å²) < 4.78 is 31.8. The van der Waals surface area contributed by atoms with Crippen molar-refractivity contribution in [2.75, 3.05) is 92.0 Å². The zero-order valence-corrected chi connectivity index (χ0v) is 37.1. The first-order valence-electron chi connectivity index (χ1n) is 21.9. The van der Waals surface area contributed by atoms with Gasteiger partial charge in [0.15, 0.2) is 18.9 Å². The number of unbranched alkanes of at least 4 members (excludes halogenated alkanes) is 1. The van der Waals surface area contributed by atoms with Crippen molar-refractivity contribution in [2.24, 2.45) is 5.73 Å². The van der Waals surface area contributed by atoms with Crippen molar-refractivity contribution in [1.29, 1.82) is 0 Å². The van der Waals surface area contributed by atoms with Gasteiger partial charge in [0.2, 0.25) is 29.5 Å². The zero-order chi connectivity index (χ0) is 50.5. The first kappa shape index (κ1) is 58.9. The van der Waals surface area contributed by atoms with Gasteiger partial charge in [-0.3, -0.25) is 28.9 Å².